The summed E-state index contributed by atoms with van der Waals surface area (Å²) in [4.78, 5) is 11.5. The van der Waals surface area contributed by atoms with Crippen molar-refractivity contribution < 1.29 is 9.53 Å². The monoisotopic (exact) mass is 184 g/mol. The van der Waals surface area contributed by atoms with Gasteiger partial charge in [0.2, 0.25) is 5.91 Å². The number of carbonyl (C=O) groups is 1. The Labute approximate surface area is 78.0 Å². The van der Waals surface area contributed by atoms with Gasteiger partial charge >= 0.3 is 0 Å². The van der Waals surface area contributed by atoms with Gasteiger partial charge in [-0.05, 0) is 19.8 Å². The number of rotatable bonds is 2. The van der Waals surface area contributed by atoms with Crippen LogP contribution in [0.2, 0.25) is 0 Å². The molecule has 2 rings (SSSR count). The van der Waals surface area contributed by atoms with E-state index in [-0.39, 0.29) is 18.1 Å². The molecule has 0 bridgehead atoms. The van der Waals surface area contributed by atoms with Crippen molar-refractivity contribution in [2.24, 2.45) is 0 Å². The van der Waals surface area contributed by atoms with Gasteiger partial charge in [-0.25, -0.2) is 0 Å². The normalized spacial score (nSPS) is 34.2. The van der Waals surface area contributed by atoms with E-state index in [4.69, 9.17) is 4.74 Å². The zero-order valence-corrected chi connectivity index (χ0v) is 7.88. The van der Waals surface area contributed by atoms with E-state index in [1.807, 2.05) is 6.92 Å². The first-order valence-corrected chi connectivity index (χ1v) is 4.92. The molecule has 2 atom stereocenters. The summed E-state index contributed by atoms with van der Waals surface area (Å²) in [6.45, 7) is 3.81. The van der Waals surface area contributed by atoms with Gasteiger partial charge in [-0.2, -0.15) is 0 Å². The van der Waals surface area contributed by atoms with Crippen LogP contribution in [0.25, 0.3) is 0 Å². The summed E-state index contributed by atoms with van der Waals surface area (Å²) < 4.78 is 5.46. The summed E-state index contributed by atoms with van der Waals surface area (Å²) in [6.07, 6.45) is 1.92. The van der Waals surface area contributed by atoms with Crippen molar-refractivity contribution in [3.8, 4) is 0 Å². The first kappa shape index (κ1) is 8.97. The molecule has 0 spiro atoms. The molecule has 2 unspecified atom stereocenters. The number of amides is 1. The minimum Gasteiger partial charge on any atom is -0.365 e. The van der Waals surface area contributed by atoms with Gasteiger partial charge in [0.15, 0.2) is 0 Å². The Kier molecular flexibility index (Phi) is 2.51. The van der Waals surface area contributed by atoms with E-state index in [1.165, 1.54) is 0 Å². The second-order valence-electron chi connectivity index (χ2n) is 3.88. The lowest BCUT2D eigenvalue weighted by molar-refractivity contribution is -0.132. The minimum absolute atomic E-state index is 0.0656. The molecular formula is C9H16N2O2. The van der Waals surface area contributed by atoms with Gasteiger partial charge in [0.1, 0.15) is 6.10 Å². The predicted molar refractivity (Wildman–Crippen MR) is 48.4 cm³/mol. The molecule has 2 heterocycles. The summed E-state index contributed by atoms with van der Waals surface area (Å²) in [5.74, 6) is 0.0656. The van der Waals surface area contributed by atoms with Gasteiger partial charge in [0.05, 0.1) is 12.1 Å². The van der Waals surface area contributed by atoms with Crippen molar-refractivity contribution in [2.45, 2.75) is 38.0 Å². The summed E-state index contributed by atoms with van der Waals surface area (Å²) in [5.41, 5.74) is 0. The summed E-state index contributed by atoms with van der Waals surface area (Å²) in [5, 5.41) is 6.06. The Balaban J connectivity index is 1.76. The molecule has 74 valence electrons. The average molecular weight is 184 g/mol. The number of hydrogen-bond acceptors (Lipinski definition) is 3. The quantitative estimate of drug-likeness (QED) is 0.616. The molecule has 4 heteroatoms. The first-order chi connectivity index (χ1) is 6.25. The summed E-state index contributed by atoms with van der Waals surface area (Å²) in [6, 6.07) is 0.326. The fourth-order valence-corrected chi connectivity index (χ4v) is 1.68. The van der Waals surface area contributed by atoms with Gasteiger partial charge in [-0.3, -0.25) is 4.79 Å². The molecule has 1 amide bonds. The molecule has 0 aromatic heterocycles. The van der Waals surface area contributed by atoms with E-state index in [9.17, 15) is 4.79 Å². The number of carbonyl (C=O) groups excluding carboxylic acids is 1. The van der Waals surface area contributed by atoms with E-state index >= 15 is 0 Å². The van der Waals surface area contributed by atoms with Crippen molar-refractivity contribution >= 4 is 5.91 Å². The van der Waals surface area contributed by atoms with E-state index in [2.05, 4.69) is 10.6 Å². The molecule has 0 aliphatic carbocycles. The fourth-order valence-electron chi connectivity index (χ4n) is 1.68. The van der Waals surface area contributed by atoms with Gasteiger partial charge in [0, 0.05) is 13.1 Å². The van der Waals surface area contributed by atoms with Crippen molar-refractivity contribution in [1.82, 2.24) is 10.6 Å². The van der Waals surface area contributed by atoms with Crippen LogP contribution in [0.1, 0.15) is 19.8 Å². The Hall–Kier alpha value is -0.610. The molecule has 13 heavy (non-hydrogen) atoms. The van der Waals surface area contributed by atoms with Crippen molar-refractivity contribution in [1.29, 1.82) is 0 Å². The molecule has 4 nitrogen and oxygen atoms in total. The standard InChI is InChI=1S/C9H16N2O2/c1-6-2-3-8(13-6)9(12)11-7-4-10-5-7/h6-8,10H,2-5H2,1H3,(H,11,12). The molecule has 2 saturated heterocycles. The van der Waals surface area contributed by atoms with Gasteiger partial charge in [-0.1, -0.05) is 0 Å². The SMILES string of the molecule is CC1CCC(C(=O)NC2CNC2)O1. The van der Waals surface area contributed by atoms with Gasteiger partial charge in [0.25, 0.3) is 0 Å². The Morgan fingerprint density at radius 2 is 2.23 bits per heavy atom. The fraction of sp³-hybridized carbons (Fsp3) is 0.889. The minimum atomic E-state index is -0.199. The molecule has 0 radical (unpaired) electrons. The second-order valence-corrected chi connectivity index (χ2v) is 3.88. The molecule has 0 aromatic carbocycles. The van der Waals surface area contributed by atoms with Crippen LogP contribution in [0.15, 0.2) is 0 Å². The third kappa shape index (κ3) is 2.00. The summed E-state index contributed by atoms with van der Waals surface area (Å²) >= 11 is 0. The highest BCUT2D eigenvalue weighted by Crippen LogP contribution is 2.19. The number of nitrogens with one attached hydrogen (secondary N) is 2. The Bertz CT molecular complexity index is 204. The Morgan fingerprint density at radius 3 is 2.69 bits per heavy atom. The van der Waals surface area contributed by atoms with Crippen LogP contribution in [0, 0.1) is 0 Å². The average Bonchev–Trinajstić information content (AvgIpc) is 2.44. The van der Waals surface area contributed by atoms with Crippen molar-refractivity contribution in [3.63, 3.8) is 0 Å². The molecule has 0 aromatic rings. The molecule has 2 fully saturated rings. The highest BCUT2D eigenvalue weighted by atomic mass is 16.5. The van der Waals surface area contributed by atoms with Gasteiger partial charge in [-0.15, -0.1) is 0 Å². The molecule has 2 N–H and O–H groups in total. The summed E-state index contributed by atoms with van der Waals surface area (Å²) in [7, 11) is 0. The van der Waals surface area contributed by atoms with Crippen molar-refractivity contribution in [3.05, 3.63) is 0 Å². The third-order valence-electron chi connectivity index (χ3n) is 2.65. The molecule has 2 aliphatic rings. The lowest BCUT2D eigenvalue weighted by Gasteiger charge is -2.28. The predicted octanol–water partition coefficient (Wildman–Crippen LogP) is -0.358. The van der Waals surface area contributed by atoms with Crippen molar-refractivity contribution in [2.75, 3.05) is 13.1 Å². The maximum atomic E-state index is 11.5. The zero-order valence-electron chi connectivity index (χ0n) is 7.88. The van der Waals surface area contributed by atoms with Gasteiger partial charge < -0.3 is 15.4 Å². The largest absolute Gasteiger partial charge is 0.365 e. The maximum absolute atomic E-state index is 11.5. The first-order valence-electron chi connectivity index (χ1n) is 4.92. The van der Waals surface area contributed by atoms with Crippen LogP contribution in [0.3, 0.4) is 0 Å². The van der Waals surface area contributed by atoms with Crippen LogP contribution >= 0.6 is 0 Å². The van der Waals surface area contributed by atoms with Crippen LogP contribution in [0.5, 0.6) is 0 Å². The molecular weight excluding hydrogens is 168 g/mol. The van der Waals surface area contributed by atoms with Crippen LogP contribution in [-0.4, -0.2) is 37.2 Å². The highest BCUT2D eigenvalue weighted by Gasteiger charge is 2.30. The van der Waals surface area contributed by atoms with Crippen LogP contribution < -0.4 is 10.6 Å². The topological polar surface area (TPSA) is 50.4 Å². The van der Waals surface area contributed by atoms with E-state index in [0.29, 0.717) is 6.04 Å². The smallest absolute Gasteiger partial charge is 0.249 e. The third-order valence-corrected chi connectivity index (χ3v) is 2.65. The van der Waals surface area contributed by atoms with E-state index in [0.717, 1.165) is 25.9 Å². The van der Waals surface area contributed by atoms with Crippen LogP contribution in [-0.2, 0) is 9.53 Å². The lowest BCUT2D eigenvalue weighted by atomic mass is 10.1. The second kappa shape index (κ2) is 3.64. The lowest BCUT2D eigenvalue weighted by Crippen LogP contribution is -2.58. The Morgan fingerprint density at radius 1 is 1.46 bits per heavy atom. The highest BCUT2D eigenvalue weighted by molar-refractivity contribution is 5.81. The number of ether oxygens (including phenoxy) is 1. The van der Waals surface area contributed by atoms with E-state index in [1.54, 1.807) is 0 Å². The maximum Gasteiger partial charge on any atom is 0.249 e. The van der Waals surface area contributed by atoms with Crippen LogP contribution in [0.4, 0.5) is 0 Å². The molecule has 0 saturated carbocycles. The van der Waals surface area contributed by atoms with E-state index < -0.39 is 0 Å². The zero-order chi connectivity index (χ0) is 9.26. The molecule has 2 aliphatic heterocycles. The number of hydrogen-bond donors (Lipinski definition) is 2.